The van der Waals surface area contributed by atoms with E-state index < -0.39 is 17.0 Å². The maximum atomic E-state index is 12.6. The van der Waals surface area contributed by atoms with Gasteiger partial charge in [0.15, 0.2) is 0 Å². The van der Waals surface area contributed by atoms with Crippen molar-refractivity contribution in [3.8, 4) is 22.9 Å². The van der Waals surface area contributed by atoms with Crippen molar-refractivity contribution in [3.63, 3.8) is 0 Å². The predicted octanol–water partition coefficient (Wildman–Crippen LogP) is 2.05. The van der Waals surface area contributed by atoms with E-state index in [1.54, 1.807) is 42.5 Å². The highest BCUT2D eigenvalue weighted by Gasteiger charge is 2.13. The second-order valence-corrected chi connectivity index (χ2v) is 6.45. The molecule has 3 aromatic rings. The largest absolute Gasteiger partial charge is 0.497 e. The van der Waals surface area contributed by atoms with Crippen molar-refractivity contribution in [3.05, 3.63) is 75.6 Å². The molecule has 1 N–H and O–H groups in total. The minimum Gasteiger partial charge on any atom is -0.497 e. The number of aromatic nitrogens is 2. The highest BCUT2D eigenvalue weighted by molar-refractivity contribution is 5.92. The van der Waals surface area contributed by atoms with Crippen LogP contribution in [0.15, 0.2) is 64.4 Å². The van der Waals surface area contributed by atoms with Gasteiger partial charge >= 0.3 is 11.1 Å². The van der Waals surface area contributed by atoms with Crippen molar-refractivity contribution in [2.75, 3.05) is 26.1 Å². The van der Waals surface area contributed by atoms with E-state index in [1.807, 2.05) is 6.92 Å². The van der Waals surface area contributed by atoms with Crippen LogP contribution in [0, 0.1) is 0 Å². The number of rotatable bonds is 8. The summed E-state index contributed by atoms with van der Waals surface area (Å²) in [6, 6.07) is 11.7. The molecule has 0 bridgehead atoms. The molecule has 3 rings (SSSR count). The minimum atomic E-state index is -0.816. The van der Waals surface area contributed by atoms with Gasteiger partial charge < -0.3 is 19.5 Å². The summed E-state index contributed by atoms with van der Waals surface area (Å²) in [6.45, 7) is 2.07. The fourth-order valence-electron chi connectivity index (χ4n) is 2.96. The molecule has 9 heteroatoms. The smallest absolute Gasteiger partial charge is 0.320 e. The summed E-state index contributed by atoms with van der Waals surface area (Å²) in [6.07, 6.45) is 2.83. The van der Waals surface area contributed by atoms with Crippen LogP contribution in [0.5, 0.6) is 17.2 Å². The molecule has 0 radical (unpaired) electrons. The Bertz CT molecular complexity index is 1180. The summed E-state index contributed by atoms with van der Waals surface area (Å²) in [7, 11) is 2.98. The lowest BCUT2D eigenvalue weighted by Crippen LogP contribution is -2.41. The molecule has 0 saturated carbocycles. The second-order valence-electron chi connectivity index (χ2n) is 6.45. The number of nitrogens with zero attached hydrogens (tertiary/aromatic N) is 2. The second kappa shape index (κ2) is 9.66. The molecule has 1 aromatic heterocycles. The average molecular weight is 425 g/mol. The molecule has 0 unspecified atom stereocenters. The molecule has 2 aromatic carbocycles. The van der Waals surface area contributed by atoms with Crippen LogP contribution in [0.3, 0.4) is 0 Å². The van der Waals surface area contributed by atoms with Crippen LogP contribution >= 0.6 is 0 Å². The Hall–Kier alpha value is -4.01. The zero-order chi connectivity index (χ0) is 22.4. The van der Waals surface area contributed by atoms with Crippen molar-refractivity contribution in [1.82, 2.24) is 9.13 Å². The van der Waals surface area contributed by atoms with E-state index in [9.17, 15) is 14.4 Å². The molecule has 0 aliphatic rings. The summed E-state index contributed by atoms with van der Waals surface area (Å²) < 4.78 is 18.0. The summed E-state index contributed by atoms with van der Waals surface area (Å²) in [4.78, 5) is 37.6. The molecule has 31 heavy (non-hydrogen) atoms. The fourth-order valence-corrected chi connectivity index (χ4v) is 2.96. The minimum absolute atomic E-state index is 0.335. The average Bonchev–Trinajstić information content (AvgIpc) is 2.78. The van der Waals surface area contributed by atoms with Gasteiger partial charge in [0.05, 0.1) is 26.5 Å². The van der Waals surface area contributed by atoms with E-state index in [-0.39, 0.29) is 6.54 Å². The van der Waals surface area contributed by atoms with Gasteiger partial charge in [0.1, 0.15) is 23.8 Å². The Balaban J connectivity index is 1.80. The summed E-state index contributed by atoms with van der Waals surface area (Å²) in [5.74, 6) is 1.14. The van der Waals surface area contributed by atoms with Crippen molar-refractivity contribution in [2.24, 2.45) is 0 Å². The zero-order valence-electron chi connectivity index (χ0n) is 17.5. The van der Waals surface area contributed by atoms with Gasteiger partial charge in [-0.3, -0.25) is 23.5 Å². The Morgan fingerprint density at radius 1 is 0.935 bits per heavy atom. The number of benzene rings is 2. The quantitative estimate of drug-likeness (QED) is 0.555. The van der Waals surface area contributed by atoms with Crippen molar-refractivity contribution in [2.45, 2.75) is 13.5 Å². The lowest BCUT2D eigenvalue weighted by atomic mass is 10.2. The normalized spacial score (nSPS) is 10.4. The number of amides is 1. The Labute approximate surface area is 178 Å². The molecule has 0 saturated heterocycles. The maximum absolute atomic E-state index is 12.6. The Morgan fingerprint density at radius 2 is 1.65 bits per heavy atom. The Morgan fingerprint density at radius 3 is 2.29 bits per heavy atom. The number of carbonyl (C=O) groups is 1. The molecular formula is C22H23N3O6. The van der Waals surface area contributed by atoms with Crippen LogP contribution in [0.25, 0.3) is 5.69 Å². The molecule has 0 atom stereocenters. The highest BCUT2D eigenvalue weighted by atomic mass is 16.5. The zero-order valence-corrected chi connectivity index (χ0v) is 17.5. The van der Waals surface area contributed by atoms with E-state index in [0.29, 0.717) is 35.2 Å². The van der Waals surface area contributed by atoms with E-state index in [2.05, 4.69) is 5.32 Å². The molecule has 1 amide bonds. The Kier molecular flexibility index (Phi) is 6.76. The summed E-state index contributed by atoms with van der Waals surface area (Å²) in [5.41, 5.74) is -0.673. The van der Waals surface area contributed by atoms with Gasteiger partial charge in [0, 0.05) is 24.1 Å². The van der Waals surface area contributed by atoms with E-state index in [0.717, 1.165) is 4.57 Å². The van der Waals surface area contributed by atoms with Gasteiger partial charge in [-0.15, -0.1) is 0 Å². The number of ether oxygens (including phenoxy) is 3. The van der Waals surface area contributed by atoms with Crippen molar-refractivity contribution in [1.29, 1.82) is 0 Å². The fraction of sp³-hybridized carbons (Fsp3) is 0.227. The van der Waals surface area contributed by atoms with Crippen LogP contribution in [0.2, 0.25) is 0 Å². The van der Waals surface area contributed by atoms with Crippen LogP contribution in [0.4, 0.5) is 5.69 Å². The molecule has 0 aliphatic heterocycles. The van der Waals surface area contributed by atoms with Gasteiger partial charge in [-0.1, -0.05) is 0 Å². The first kappa shape index (κ1) is 21.7. The van der Waals surface area contributed by atoms with E-state index >= 15 is 0 Å². The first-order valence-electron chi connectivity index (χ1n) is 9.54. The van der Waals surface area contributed by atoms with Crippen LogP contribution in [0.1, 0.15) is 6.92 Å². The summed E-state index contributed by atoms with van der Waals surface area (Å²) >= 11 is 0. The summed E-state index contributed by atoms with van der Waals surface area (Å²) in [5, 5.41) is 2.67. The first-order chi connectivity index (χ1) is 15.0. The molecule has 162 valence electrons. The maximum Gasteiger partial charge on any atom is 0.320 e. The molecular weight excluding hydrogens is 402 g/mol. The third-order valence-electron chi connectivity index (χ3n) is 4.48. The number of carbonyl (C=O) groups excluding carboxylic acids is 1. The standard InChI is InChI=1S/C22H23N3O6/c1-4-31-16-7-5-15(6-8-16)25-12-11-24(21(27)22(25)28)14-20(26)23-18-13-17(29-2)9-10-19(18)30-3/h5-13H,4,14H2,1-3H3,(H,23,26). The SMILES string of the molecule is CCOc1ccc(-n2ccn(CC(=O)Nc3cc(OC)ccc3OC)c(=O)c2=O)cc1. The van der Waals surface area contributed by atoms with Crippen molar-refractivity contribution < 1.29 is 19.0 Å². The number of nitrogens with one attached hydrogen (secondary N) is 1. The van der Waals surface area contributed by atoms with Gasteiger partial charge in [-0.2, -0.15) is 0 Å². The van der Waals surface area contributed by atoms with Crippen LogP contribution in [-0.2, 0) is 11.3 Å². The number of anilines is 1. The van der Waals surface area contributed by atoms with Crippen LogP contribution in [-0.4, -0.2) is 35.9 Å². The molecule has 9 nitrogen and oxygen atoms in total. The lowest BCUT2D eigenvalue weighted by Gasteiger charge is -2.13. The molecule has 0 fully saturated rings. The van der Waals surface area contributed by atoms with E-state index in [4.69, 9.17) is 14.2 Å². The van der Waals surface area contributed by atoms with Crippen molar-refractivity contribution >= 4 is 11.6 Å². The topological polar surface area (TPSA) is 101 Å². The number of hydrogen-bond acceptors (Lipinski definition) is 6. The predicted molar refractivity (Wildman–Crippen MR) is 116 cm³/mol. The first-order valence-corrected chi connectivity index (χ1v) is 9.54. The van der Waals surface area contributed by atoms with Gasteiger partial charge in [0.25, 0.3) is 0 Å². The lowest BCUT2D eigenvalue weighted by molar-refractivity contribution is -0.116. The molecule has 1 heterocycles. The number of hydrogen-bond donors (Lipinski definition) is 1. The molecule has 0 spiro atoms. The highest BCUT2D eigenvalue weighted by Crippen LogP contribution is 2.28. The van der Waals surface area contributed by atoms with Gasteiger partial charge in [0.2, 0.25) is 5.91 Å². The monoisotopic (exact) mass is 425 g/mol. The number of methoxy groups -OCH3 is 2. The third kappa shape index (κ3) is 4.95. The molecule has 0 aliphatic carbocycles. The van der Waals surface area contributed by atoms with E-state index in [1.165, 1.54) is 31.2 Å². The van der Waals surface area contributed by atoms with Gasteiger partial charge in [-0.25, -0.2) is 0 Å². The van der Waals surface area contributed by atoms with Gasteiger partial charge in [-0.05, 0) is 43.3 Å². The van der Waals surface area contributed by atoms with Crippen LogP contribution < -0.4 is 30.6 Å². The third-order valence-corrected chi connectivity index (χ3v) is 4.48.